The van der Waals surface area contributed by atoms with Crippen LogP contribution in [0.25, 0.3) is 0 Å². The molecule has 2 N–H and O–H groups in total. The largest absolute Gasteiger partial charge is 0.330 e. The summed E-state index contributed by atoms with van der Waals surface area (Å²) in [4.78, 5) is 0. The van der Waals surface area contributed by atoms with Gasteiger partial charge in [-0.25, -0.2) is 4.39 Å². The molecule has 0 fully saturated rings. The third kappa shape index (κ3) is 3.90. The van der Waals surface area contributed by atoms with E-state index in [4.69, 9.17) is 5.73 Å². The second kappa shape index (κ2) is 7.00. The quantitative estimate of drug-likeness (QED) is 0.868. The summed E-state index contributed by atoms with van der Waals surface area (Å²) in [5.74, 6) is 0.0920. The van der Waals surface area contributed by atoms with Crippen LogP contribution >= 0.6 is 15.9 Å². The zero-order valence-electron chi connectivity index (χ0n) is 11.6. The highest BCUT2D eigenvalue weighted by Gasteiger charge is 2.13. The minimum absolute atomic E-state index is 0.164. The van der Waals surface area contributed by atoms with Gasteiger partial charge in [0.05, 0.1) is 0 Å². The summed E-state index contributed by atoms with van der Waals surface area (Å²) in [6, 6.07) is 13.5. The van der Waals surface area contributed by atoms with Gasteiger partial charge < -0.3 is 5.73 Å². The Hall–Kier alpha value is -1.19. The third-order valence-corrected chi connectivity index (χ3v) is 4.12. The zero-order chi connectivity index (χ0) is 14.5. The van der Waals surface area contributed by atoms with E-state index in [1.54, 1.807) is 0 Å². The molecule has 0 radical (unpaired) electrons. The molecule has 2 aromatic carbocycles. The molecule has 0 aliphatic carbocycles. The number of nitrogens with two attached hydrogens (primary N) is 1. The molecule has 0 aliphatic heterocycles. The van der Waals surface area contributed by atoms with Gasteiger partial charge in [-0.05, 0) is 61.1 Å². The molecule has 2 aromatic rings. The Balaban J connectivity index is 2.11. The average Bonchev–Trinajstić information content (AvgIpc) is 2.43. The van der Waals surface area contributed by atoms with Gasteiger partial charge >= 0.3 is 0 Å². The minimum Gasteiger partial charge on any atom is -0.330 e. The van der Waals surface area contributed by atoms with Crippen LogP contribution < -0.4 is 5.73 Å². The Kier molecular flexibility index (Phi) is 5.32. The number of rotatable bonds is 5. The van der Waals surface area contributed by atoms with Crippen molar-refractivity contribution in [1.29, 1.82) is 0 Å². The fraction of sp³-hybridized carbons (Fsp3) is 0.294. The molecule has 106 valence electrons. The molecule has 0 aromatic heterocycles. The summed E-state index contributed by atoms with van der Waals surface area (Å²) >= 11 is 3.28. The van der Waals surface area contributed by atoms with Gasteiger partial charge in [-0.3, -0.25) is 0 Å². The summed E-state index contributed by atoms with van der Waals surface area (Å²) in [6.45, 7) is 2.66. The normalized spacial score (nSPS) is 12.4. The maximum absolute atomic E-state index is 13.9. The van der Waals surface area contributed by atoms with E-state index in [1.165, 1.54) is 17.2 Å². The van der Waals surface area contributed by atoms with Crippen molar-refractivity contribution in [2.45, 2.75) is 19.8 Å². The van der Waals surface area contributed by atoms with Crippen LogP contribution in [0, 0.1) is 18.7 Å². The van der Waals surface area contributed by atoms with Gasteiger partial charge in [0.15, 0.2) is 0 Å². The number of hydrogen-bond acceptors (Lipinski definition) is 1. The van der Waals surface area contributed by atoms with Crippen LogP contribution in [0.4, 0.5) is 4.39 Å². The molecule has 0 saturated heterocycles. The summed E-state index contributed by atoms with van der Waals surface area (Å²) in [6.07, 6.45) is 1.56. The number of benzene rings is 2. The molecule has 0 amide bonds. The molecule has 1 atom stereocenters. The van der Waals surface area contributed by atoms with Gasteiger partial charge in [0.1, 0.15) is 5.82 Å². The van der Waals surface area contributed by atoms with Gasteiger partial charge in [-0.1, -0.05) is 46.3 Å². The lowest BCUT2D eigenvalue weighted by Crippen LogP contribution is -2.20. The first-order valence-electron chi connectivity index (χ1n) is 6.78. The van der Waals surface area contributed by atoms with Crippen molar-refractivity contribution < 1.29 is 4.39 Å². The Morgan fingerprint density at radius 1 is 1.10 bits per heavy atom. The smallest absolute Gasteiger partial charge is 0.127 e. The zero-order valence-corrected chi connectivity index (χ0v) is 13.2. The molecule has 0 bridgehead atoms. The second-order valence-electron chi connectivity index (χ2n) is 5.17. The second-order valence-corrected chi connectivity index (χ2v) is 6.09. The lowest BCUT2D eigenvalue weighted by Gasteiger charge is -2.17. The Bertz CT molecular complexity index is 583. The van der Waals surface area contributed by atoms with E-state index in [0.717, 1.165) is 16.5 Å². The van der Waals surface area contributed by atoms with Crippen LogP contribution in [0.15, 0.2) is 46.9 Å². The fourth-order valence-corrected chi connectivity index (χ4v) is 2.72. The first-order chi connectivity index (χ1) is 9.60. The van der Waals surface area contributed by atoms with Crippen LogP contribution in [0.1, 0.15) is 16.7 Å². The predicted octanol–water partition coefficient (Wildman–Crippen LogP) is 4.26. The van der Waals surface area contributed by atoms with Crippen molar-refractivity contribution in [1.82, 2.24) is 0 Å². The third-order valence-electron chi connectivity index (χ3n) is 3.63. The van der Waals surface area contributed by atoms with E-state index >= 15 is 0 Å². The van der Waals surface area contributed by atoms with Crippen LogP contribution in [-0.4, -0.2) is 6.54 Å². The van der Waals surface area contributed by atoms with Crippen molar-refractivity contribution in [2.24, 2.45) is 11.7 Å². The number of halogens is 2. The van der Waals surface area contributed by atoms with Gasteiger partial charge in [0.2, 0.25) is 0 Å². The topological polar surface area (TPSA) is 26.0 Å². The first kappa shape index (κ1) is 15.2. The molecule has 0 spiro atoms. The summed E-state index contributed by atoms with van der Waals surface area (Å²) in [5, 5.41) is 0. The summed E-state index contributed by atoms with van der Waals surface area (Å²) in [7, 11) is 0. The molecule has 0 aliphatic rings. The van der Waals surface area contributed by atoms with Crippen molar-refractivity contribution in [3.05, 3.63) is 69.4 Å². The van der Waals surface area contributed by atoms with Gasteiger partial charge in [0.25, 0.3) is 0 Å². The molecule has 0 saturated carbocycles. The van der Waals surface area contributed by atoms with Crippen LogP contribution in [0.2, 0.25) is 0 Å². The van der Waals surface area contributed by atoms with Crippen molar-refractivity contribution in [3.63, 3.8) is 0 Å². The van der Waals surface area contributed by atoms with Crippen molar-refractivity contribution >= 4 is 15.9 Å². The van der Waals surface area contributed by atoms with Crippen molar-refractivity contribution in [3.8, 4) is 0 Å². The highest BCUT2D eigenvalue weighted by molar-refractivity contribution is 9.10. The van der Waals surface area contributed by atoms with Gasteiger partial charge in [-0.2, -0.15) is 0 Å². The Morgan fingerprint density at radius 3 is 2.45 bits per heavy atom. The predicted molar refractivity (Wildman–Crippen MR) is 85.2 cm³/mol. The summed E-state index contributed by atoms with van der Waals surface area (Å²) in [5.41, 5.74) is 9.16. The first-order valence-corrected chi connectivity index (χ1v) is 7.58. The molecule has 2 rings (SSSR count). The molecule has 1 nitrogen and oxygen atoms in total. The molecule has 20 heavy (non-hydrogen) atoms. The molecule has 3 heteroatoms. The van der Waals surface area contributed by atoms with E-state index in [1.807, 2.05) is 24.3 Å². The molecule has 0 heterocycles. The van der Waals surface area contributed by atoms with E-state index in [0.29, 0.717) is 13.0 Å². The molecular weight excluding hydrogens is 317 g/mol. The van der Waals surface area contributed by atoms with Gasteiger partial charge in [-0.15, -0.1) is 0 Å². The van der Waals surface area contributed by atoms with Gasteiger partial charge in [0, 0.05) is 4.47 Å². The van der Waals surface area contributed by atoms with Crippen molar-refractivity contribution in [2.75, 3.05) is 6.54 Å². The van der Waals surface area contributed by atoms with E-state index in [9.17, 15) is 4.39 Å². The highest BCUT2D eigenvalue weighted by Crippen LogP contribution is 2.21. The maximum atomic E-state index is 13.9. The maximum Gasteiger partial charge on any atom is 0.127 e. The molecular formula is C17H19BrFN. The summed E-state index contributed by atoms with van der Waals surface area (Å²) < 4.78 is 14.7. The minimum atomic E-state index is -0.164. The Labute approximate surface area is 128 Å². The number of hydrogen-bond donors (Lipinski definition) is 1. The highest BCUT2D eigenvalue weighted by atomic mass is 79.9. The fourth-order valence-electron chi connectivity index (χ4n) is 2.39. The lowest BCUT2D eigenvalue weighted by molar-refractivity contribution is 0.511. The molecule has 1 unspecified atom stereocenters. The monoisotopic (exact) mass is 335 g/mol. The van der Waals surface area contributed by atoms with E-state index < -0.39 is 0 Å². The van der Waals surface area contributed by atoms with E-state index in [-0.39, 0.29) is 11.7 Å². The number of aryl methyl sites for hydroxylation is 1. The van der Waals surface area contributed by atoms with Crippen LogP contribution in [0.5, 0.6) is 0 Å². The standard InChI is InChI=1S/C17H19BrFN/c1-12-4-2-3-5-14(12)8-13(11-20)9-15-6-7-16(18)10-17(15)19/h2-7,10,13H,8-9,11,20H2,1H3. The van der Waals surface area contributed by atoms with Crippen LogP contribution in [-0.2, 0) is 12.8 Å². The average molecular weight is 336 g/mol. The van der Waals surface area contributed by atoms with E-state index in [2.05, 4.69) is 35.0 Å². The SMILES string of the molecule is Cc1ccccc1CC(CN)Cc1ccc(Br)cc1F. The Morgan fingerprint density at radius 2 is 1.80 bits per heavy atom. The van der Waals surface area contributed by atoms with Crippen LogP contribution in [0.3, 0.4) is 0 Å². The lowest BCUT2D eigenvalue weighted by atomic mass is 9.91.